The molecule has 0 fully saturated rings. The van der Waals surface area contributed by atoms with Crippen LogP contribution in [0, 0.1) is 0 Å². The maximum Gasteiger partial charge on any atom is 0.231 e. The molecule has 1 atom stereocenters. The molecular weight excluding hydrogens is 212 g/mol. The minimum atomic E-state index is 0.186. The summed E-state index contributed by atoms with van der Waals surface area (Å²) in [4.78, 5) is 13.3. The molecule has 0 saturated heterocycles. The molecule has 1 aliphatic heterocycles. The van der Waals surface area contributed by atoms with E-state index in [1.165, 1.54) is 5.56 Å². The lowest BCUT2D eigenvalue weighted by molar-refractivity contribution is -0.117. The van der Waals surface area contributed by atoms with Gasteiger partial charge >= 0.3 is 0 Å². The van der Waals surface area contributed by atoms with Crippen molar-refractivity contribution >= 4 is 11.6 Å². The number of hydrogen-bond donors (Lipinski definition) is 1. The second kappa shape index (κ2) is 4.88. The van der Waals surface area contributed by atoms with E-state index >= 15 is 0 Å². The van der Waals surface area contributed by atoms with Gasteiger partial charge in [-0.2, -0.15) is 0 Å². The van der Waals surface area contributed by atoms with Crippen LogP contribution in [0.2, 0.25) is 0 Å². The number of fused-ring (bicyclic) bond motifs is 1. The normalized spacial score (nSPS) is 16.2. The molecule has 1 aromatic rings. The molecule has 0 aromatic heterocycles. The second-order valence-electron chi connectivity index (χ2n) is 4.69. The molecule has 1 heterocycles. The van der Waals surface area contributed by atoms with Gasteiger partial charge in [0.05, 0.1) is 6.42 Å². The Morgan fingerprint density at radius 3 is 2.94 bits per heavy atom. The summed E-state index contributed by atoms with van der Waals surface area (Å²) < 4.78 is 0. The molecule has 17 heavy (non-hydrogen) atoms. The third kappa shape index (κ3) is 2.34. The summed E-state index contributed by atoms with van der Waals surface area (Å²) in [5.74, 6) is 0.186. The molecule has 92 valence electrons. The highest BCUT2D eigenvalue weighted by atomic mass is 16.2. The molecule has 0 aliphatic carbocycles. The summed E-state index contributed by atoms with van der Waals surface area (Å²) in [6, 6.07) is 6.67. The van der Waals surface area contributed by atoms with Gasteiger partial charge in [-0.15, -0.1) is 0 Å². The summed E-state index contributed by atoms with van der Waals surface area (Å²) >= 11 is 0. The summed E-state index contributed by atoms with van der Waals surface area (Å²) in [6.07, 6.45) is 1.68. The number of carbonyl (C=O) groups is 1. The molecule has 0 spiro atoms. The zero-order valence-electron chi connectivity index (χ0n) is 10.8. The predicted molar refractivity (Wildman–Crippen MR) is 70.3 cm³/mol. The number of nitrogens with one attached hydrogen (secondary N) is 1. The van der Waals surface area contributed by atoms with Crippen LogP contribution in [0.1, 0.15) is 37.4 Å². The molecule has 0 bridgehead atoms. The van der Waals surface area contributed by atoms with Gasteiger partial charge in [-0.1, -0.05) is 19.1 Å². The van der Waals surface area contributed by atoms with Gasteiger partial charge in [0.15, 0.2) is 0 Å². The maximum atomic E-state index is 11.6. The maximum absolute atomic E-state index is 11.6. The van der Waals surface area contributed by atoms with E-state index in [1.807, 2.05) is 7.05 Å². The number of likely N-dealkylation sites (N-methyl/N-ethyl adjacent to an activating group) is 1. The van der Waals surface area contributed by atoms with Gasteiger partial charge in [0.2, 0.25) is 5.91 Å². The van der Waals surface area contributed by atoms with E-state index in [4.69, 9.17) is 0 Å². The number of hydrogen-bond acceptors (Lipinski definition) is 2. The third-order valence-electron chi connectivity index (χ3n) is 3.38. The predicted octanol–water partition coefficient (Wildman–Crippen LogP) is 2.27. The molecule has 3 nitrogen and oxygen atoms in total. The zero-order chi connectivity index (χ0) is 12.4. The van der Waals surface area contributed by atoms with Crippen molar-refractivity contribution in [1.82, 2.24) is 5.32 Å². The van der Waals surface area contributed by atoms with Crippen LogP contribution in [-0.4, -0.2) is 19.5 Å². The lowest BCUT2D eigenvalue weighted by Crippen LogP contribution is -2.20. The van der Waals surface area contributed by atoms with Gasteiger partial charge in [-0.05, 0) is 37.1 Å². The van der Waals surface area contributed by atoms with Crippen molar-refractivity contribution in [3.8, 4) is 0 Å². The fourth-order valence-electron chi connectivity index (χ4n) is 2.24. The highest BCUT2D eigenvalue weighted by Gasteiger charge is 2.24. The van der Waals surface area contributed by atoms with Crippen LogP contribution in [-0.2, 0) is 11.2 Å². The van der Waals surface area contributed by atoms with E-state index in [-0.39, 0.29) is 5.91 Å². The van der Waals surface area contributed by atoms with E-state index in [0.29, 0.717) is 12.5 Å². The molecule has 3 heteroatoms. The Labute approximate surface area is 103 Å². The van der Waals surface area contributed by atoms with Gasteiger partial charge in [0.25, 0.3) is 0 Å². The summed E-state index contributed by atoms with van der Waals surface area (Å²) in [7, 11) is 1.84. The average molecular weight is 232 g/mol. The van der Waals surface area contributed by atoms with Crippen molar-refractivity contribution in [3.63, 3.8) is 0 Å². The van der Waals surface area contributed by atoms with E-state index in [2.05, 4.69) is 37.4 Å². The molecule has 0 saturated carbocycles. The molecule has 1 aromatic carbocycles. The quantitative estimate of drug-likeness (QED) is 0.863. The van der Waals surface area contributed by atoms with Gasteiger partial charge < -0.3 is 10.2 Å². The molecule has 1 amide bonds. The van der Waals surface area contributed by atoms with Gasteiger partial charge in [-0.3, -0.25) is 4.79 Å². The van der Waals surface area contributed by atoms with Crippen LogP contribution < -0.4 is 10.2 Å². The van der Waals surface area contributed by atoms with Crippen molar-refractivity contribution in [2.45, 2.75) is 32.7 Å². The van der Waals surface area contributed by atoms with Crippen molar-refractivity contribution < 1.29 is 4.79 Å². The molecule has 0 radical (unpaired) electrons. The first-order chi connectivity index (χ1) is 8.13. The smallest absolute Gasteiger partial charge is 0.231 e. The van der Waals surface area contributed by atoms with Crippen molar-refractivity contribution in [2.24, 2.45) is 0 Å². The number of carbonyl (C=O) groups excluding carboxylic acids is 1. The van der Waals surface area contributed by atoms with Crippen molar-refractivity contribution in [1.29, 1.82) is 0 Å². The first-order valence-corrected chi connectivity index (χ1v) is 6.26. The van der Waals surface area contributed by atoms with Crippen molar-refractivity contribution in [2.75, 3.05) is 18.5 Å². The Morgan fingerprint density at radius 1 is 1.47 bits per heavy atom. The monoisotopic (exact) mass is 232 g/mol. The largest absolute Gasteiger partial charge is 0.315 e. The van der Waals surface area contributed by atoms with E-state index in [1.54, 1.807) is 4.90 Å². The number of rotatable bonds is 4. The first-order valence-electron chi connectivity index (χ1n) is 6.26. The number of anilines is 1. The van der Waals surface area contributed by atoms with Gasteiger partial charge in [-0.25, -0.2) is 0 Å². The topological polar surface area (TPSA) is 32.3 Å². The van der Waals surface area contributed by atoms with Crippen LogP contribution in [0.3, 0.4) is 0 Å². The Hall–Kier alpha value is -1.35. The SMILES string of the molecule is CCCNC(C)c1ccc2c(c1)CC(=O)N2C. The minimum Gasteiger partial charge on any atom is -0.315 e. The van der Waals surface area contributed by atoms with Crippen LogP contribution in [0.4, 0.5) is 5.69 Å². The lowest BCUT2D eigenvalue weighted by Gasteiger charge is -2.15. The Kier molecular flexibility index (Phi) is 3.48. The fraction of sp³-hybridized carbons (Fsp3) is 0.500. The van der Waals surface area contributed by atoms with Crippen LogP contribution in [0.15, 0.2) is 18.2 Å². The summed E-state index contributed by atoms with van der Waals surface area (Å²) in [5.41, 5.74) is 3.47. The van der Waals surface area contributed by atoms with Crippen molar-refractivity contribution in [3.05, 3.63) is 29.3 Å². The number of amides is 1. The van der Waals surface area contributed by atoms with E-state index in [0.717, 1.165) is 24.2 Å². The Balaban J connectivity index is 2.18. The third-order valence-corrected chi connectivity index (χ3v) is 3.38. The van der Waals surface area contributed by atoms with E-state index < -0.39 is 0 Å². The average Bonchev–Trinajstić information content (AvgIpc) is 2.61. The lowest BCUT2D eigenvalue weighted by atomic mass is 10.0. The molecule has 1 aliphatic rings. The fourth-order valence-corrected chi connectivity index (χ4v) is 2.24. The Morgan fingerprint density at radius 2 is 2.24 bits per heavy atom. The Bertz CT molecular complexity index is 428. The van der Waals surface area contributed by atoms with Gasteiger partial charge in [0, 0.05) is 18.8 Å². The highest BCUT2D eigenvalue weighted by molar-refractivity contribution is 6.00. The first kappa shape index (κ1) is 12.1. The summed E-state index contributed by atoms with van der Waals surface area (Å²) in [5, 5.41) is 3.46. The van der Waals surface area contributed by atoms with Crippen LogP contribution >= 0.6 is 0 Å². The highest BCUT2D eigenvalue weighted by Crippen LogP contribution is 2.29. The van der Waals surface area contributed by atoms with Gasteiger partial charge in [0.1, 0.15) is 0 Å². The number of benzene rings is 1. The molecule has 2 rings (SSSR count). The van der Waals surface area contributed by atoms with Crippen LogP contribution in [0.5, 0.6) is 0 Å². The second-order valence-corrected chi connectivity index (χ2v) is 4.69. The zero-order valence-corrected chi connectivity index (χ0v) is 10.8. The minimum absolute atomic E-state index is 0.186. The molecule has 1 N–H and O–H groups in total. The van der Waals surface area contributed by atoms with Crippen LogP contribution in [0.25, 0.3) is 0 Å². The van der Waals surface area contributed by atoms with E-state index in [9.17, 15) is 4.79 Å². The summed E-state index contributed by atoms with van der Waals surface area (Å²) in [6.45, 7) is 5.35. The molecule has 1 unspecified atom stereocenters. The number of nitrogens with zero attached hydrogens (tertiary/aromatic N) is 1. The standard InChI is InChI=1S/C14H20N2O/c1-4-7-15-10(2)11-5-6-13-12(8-11)9-14(17)16(13)3/h5-6,8,10,15H,4,7,9H2,1-3H3. The molecular formula is C14H20N2O.